The molecule has 0 bridgehead atoms. The van der Waals surface area contributed by atoms with Crippen molar-refractivity contribution in [2.24, 2.45) is 5.73 Å². The maximum absolute atomic E-state index is 12.8. The van der Waals surface area contributed by atoms with Crippen molar-refractivity contribution in [3.8, 4) is 6.07 Å². The lowest BCUT2D eigenvalue weighted by Gasteiger charge is -2.35. The predicted molar refractivity (Wildman–Crippen MR) is 114 cm³/mol. The number of carbonyl (C=O) groups excluding carboxylic acids is 2. The van der Waals surface area contributed by atoms with Crippen molar-refractivity contribution >= 4 is 29.6 Å². The molecule has 2 aromatic heterocycles. The van der Waals surface area contributed by atoms with Gasteiger partial charge in [-0.2, -0.15) is 10.2 Å². The van der Waals surface area contributed by atoms with Gasteiger partial charge < -0.3 is 21.3 Å². The second kappa shape index (κ2) is 8.39. The van der Waals surface area contributed by atoms with Crippen molar-refractivity contribution in [3.63, 3.8) is 0 Å². The van der Waals surface area contributed by atoms with Crippen molar-refractivity contribution in [1.82, 2.24) is 14.5 Å². The number of quaternary nitrogens is 1. The Morgan fingerprint density at radius 2 is 2.19 bits per heavy atom. The topological polar surface area (TPSA) is 162 Å². The molecule has 10 nitrogen and oxygen atoms in total. The summed E-state index contributed by atoms with van der Waals surface area (Å²) in [7, 11) is 0. The van der Waals surface area contributed by atoms with E-state index in [4.69, 9.17) is 5.73 Å². The van der Waals surface area contributed by atoms with Crippen LogP contribution in [0.25, 0.3) is 0 Å². The minimum atomic E-state index is -1.04. The number of aliphatic hydroxyl groups excluding tert-OH is 1. The monoisotopic (exact) mass is 425 g/mol. The number of pyridine rings is 2. The first-order valence-corrected chi connectivity index (χ1v) is 9.80. The van der Waals surface area contributed by atoms with Crippen LogP contribution in [0.1, 0.15) is 47.4 Å². The van der Waals surface area contributed by atoms with Crippen LogP contribution in [-0.4, -0.2) is 51.2 Å². The van der Waals surface area contributed by atoms with Gasteiger partial charge in [0, 0.05) is 30.2 Å². The summed E-state index contributed by atoms with van der Waals surface area (Å²) in [5.74, 6) is 0.524. The number of aldehydes is 1. The van der Waals surface area contributed by atoms with Crippen LogP contribution in [0.15, 0.2) is 18.3 Å². The number of fused-ring (bicyclic) bond motifs is 1. The Bertz CT molecular complexity index is 1070. The number of rotatable bonds is 6. The molecule has 10 heteroatoms. The second-order valence-electron chi connectivity index (χ2n) is 8.13. The number of aliphatic hydroxyl groups is 2. The van der Waals surface area contributed by atoms with Crippen LogP contribution < -0.4 is 15.5 Å². The van der Waals surface area contributed by atoms with E-state index in [-0.39, 0.29) is 42.6 Å². The van der Waals surface area contributed by atoms with Crippen LogP contribution in [0.2, 0.25) is 0 Å². The number of urea groups is 1. The van der Waals surface area contributed by atoms with Gasteiger partial charge in [0.2, 0.25) is 11.6 Å². The lowest BCUT2D eigenvalue weighted by Crippen LogP contribution is -2.56. The molecule has 0 aliphatic carbocycles. The average Bonchev–Trinajstić information content (AvgIpc) is 2.75. The normalized spacial score (nSPS) is 18.0. The molecule has 3 heterocycles. The first-order valence-electron chi connectivity index (χ1n) is 9.80. The van der Waals surface area contributed by atoms with Crippen molar-refractivity contribution in [3.05, 3.63) is 40.7 Å². The van der Waals surface area contributed by atoms with Gasteiger partial charge in [0.15, 0.2) is 6.29 Å². The number of aryl methyl sites for hydroxylation is 1. The Hall–Kier alpha value is -3.39. The number of hydrogen-bond acceptors (Lipinski definition) is 8. The van der Waals surface area contributed by atoms with Crippen molar-refractivity contribution in [1.29, 1.82) is 5.26 Å². The summed E-state index contributed by atoms with van der Waals surface area (Å²) in [6.07, 6.45) is 3.06. The van der Waals surface area contributed by atoms with E-state index in [1.807, 2.05) is 6.07 Å². The highest BCUT2D eigenvalue weighted by Crippen LogP contribution is 2.40. The minimum Gasteiger partial charge on any atom is -0.392 e. The molecule has 0 spiro atoms. The van der Waals surface area contributed by atoms with Crippen LogP contribution in [-0.2, 0) is 13.0 Å². The number of nitriles is 1. The van der Waals surface area contributed by atoms with Gasteiger partial charge in [0.05, 0.1) is 29.7 Å². The number of nitrogens with one attached hydrogen (secondary N) is 1. The van der Waals surface area contributed by atoms with Crippen LogP contribution in [0.5, 0.6) is 0 Å². The fourth-order valence-electron chi connectivity index (χ4n) is 3.71. The van der Waals surface area contributed by atoms with E-state index in [0.29, 0.717) is 35.9 Å². The van der Waals surface area contributed by atoms with E-state index in [1.165, 1.54) is 6.20 Å². The maximum atomic E-state index is 12.8. The molecule has 1 aliphatic heterocycles. The summed E-state index contributed by atoms with van der Waals surface area (Å²) in [5.41, 5.74) is 6.55. The fourth-order valence-corrected chi connectivity index (χ4v) is 3.71. The molecule has 0 saturated heterocycles. The summed E-state index contributed by atoms with van der Waals surface area (Å²) < 4.78 is -0.523. The molecule has 5 N–H and O–H groups in total. The maximum Gasteiger partial charge on any atom is 0.426 e. The molecule has 1 atom stereocenters. The van der Waals surface area contributed by atoms with E-state index >= 15 is 0 Å². The minimum absolute atomic E-state index is 0.0286. The first-order chi connectivity index (χ1) is 14.7. The summed E-state index contributed by atoms with van der Waals surface area (Å²) in [6, 6.07) is 4.52. The predicted octanol–water partition coefficient (Wildman–Crippen LogP) is 1.50. The molecule has 0 aromatic carbocycles. The zero-order valence-corrected chi connectivity index (χ0v) is 17.4. The summed E-state index contributed by atoms with van der Waals surface area (Å²) >= 11 is 0. The zero-order chi connectivity index (χ0) is 22.8. The highest BCUT2D eigenvalue weighted by Gasteiger charge is 2.47. The van der Waals surface area contributed by atoms with Gasteiger partial charge >= 0.3 is 6.03 Å². The Kier molecular flexibility index (Phi) is 6.03. The molecule has 1 aliphatic rings. The van der Waals surface area contributed by atoms with E-state index in [9.17, 15) is 25.1 Å². The van der Waals surface area contributed by atoms with Gasteiger partial charge in [-0.15, -0.1) is 4.48 Å². The third-order valence-electron chi connectivity index (χ3n) is 5.26. The Labute approximate surface area is 179 Å². The molecule has 2 amide bonds. The molecular weight excluding hydrogens is 400 g/mol. The van der Waals surface area contributed by atoms with E-state index in [2.05, 4.69) is 15.3 Å². The van der Waals surface area contributed by atoms with Gasteiger partial charge in [-0.05, 0) is 26.3 Å². The van der Waals surface area contributed by atoms with Gasteiger partial charge in [-0.1, -0.05) is 0 Å². The number of amides is 2. The number of nitrogens with zero attached hydrogens (tertiary/aromatic N) is 4. The van der Waals surface area contributed by atoms with Crippen molar-refractivity contribution < 1.29 is 19.8 Å². The number of hydrogen-bond donors (Lipinski definition) is 4. The van der Waals surface area contributed by atoms with Gasteiger partial charge in [0.25, 0.3) is 0 Å². The molecule has 0 fully saturated rings. The lowest BCUT2D eigenvalue weighted by atomic mass is 9.99. The van der Waals surface area contributed by atoms with E-state index in [1.54, 1.807) is 26.0 Å². The molecule has 1 unspecified atom stereocenters. The third-order valence-corrected chi connectivity index (χ3v) is 5.26. The number of carbonyl (C=O) groups is 2. The third kappa shape index (κ3) is 4.11. The highest BCUT2D eigenvalue weighted by molar-refractivity contribution is 5.93. The van der Waals surface area contributed by atoms with Crippen LogP contribution in [0, 0.1) is 11.3 Å². The Morgan fingerprint density at radius 1 is 1.45 bits per heavy atom. The van der Waals surface area contributed by atoms with Gasteiger partial charge in [-0.3, -0.25) is 4.79 Å². The summed E-state index contributed by atoms with van der Waals surface area (Å²) in [4.78, 5) is 33.1. The number of aromatic nitrogens is 2. The lowest BCUT2D eigenvalue weighted by molar-refractivity contribution is 0.0945. The van der Waals surface area contributed by atoms with Crippen molar-refractivity contribution in [2.75, 3.05) is 18.4 Å². The van der Waals surface area contributed by atoms with Crippen LogP contribution >= 0.6 is 0 Å². The van der Waals surface area contributed by atoms with E-state index in [0.717, 1.165) is 0 Å². The van der Waals surface area contributed by atoms with Crippen molar-refractivity contribution in [2.45, 2.75) is 38.9 Å². The first kappa shape index (κ1) is 22.3. The van der Waals surface area contributed by atoms with Gasteiger partial charge in [-0.25, -0.2) is 9.78 Å². The molecule has 3 rings (SSSR count). The van der Waals surface area contributed by atoms with Gasteiger partial charge in [0.1, 0.15) is 18.3 Å². The Balaban J connectivity index is 2.21. The second-order valence-corrected chi connectivity index (χ2v) is 8.13. The molecule has 2 aromatic rings. The molecular formula is C21H25N6O4+. The van der Waals surface area contributed by atoms with Crippen LogP contribution in [0.4, 0.5) is 22.1 Å². The standard InChI is InChI=1S/C21H24N6O4/c1-21(2,31)12-25-16-7-18(24-9-15(16)8-22)27(20(23)30)5-3-4-13-6-14(10-28)17(11-29)26-19(13)27/h6-7,9,11,28,31H,3-5,10,12H2,1-2H3,(H2-,23,24,25,30)/p+1. The van der Waals surface area contributed by atoms with E-state index < -0.39 is 16.1 Å². The number of anilines is 1. The highest BCUT2D eigenvalue weighted by atomic mass is 16.3. The SMILES string of the molecule is CC(C)(O)CNc1cc([N+]2(C(N)=O)CCCc3cc(CO)c(C=O)nc32)ncc1C#N. The largest absolute Gasteiger partial charge is 0.426 e. The zero-order valence-electron chi connectivity index (χ0n) is 17.4. The molecule has 0 radical (unpaired) electrons. The fraction of sp³-hybridized carbons (Fsp3) is 0.381. The molecule has 31 heavy (non-hydrogen) atoms. The average molecular weight is 425 g/mol. The summed E-state index contributed by atoms with van der Waals surface area (Å²) in [5, 5.41) is 32.1. The number of primary amides is 1. The summed E-state index contributed by atoms with van der Waals surface area (Å²) in [6.45, 7) is 3.32. The smallest absolute Gasteiger partial charge is 0.392 e. The molecule has 162 valence electrons. The Morgan fingerprint density at radius 3 is 2.77 bits per heavy atom. The van der Waals surface area contributed by atoms with Crippen LogP contribution in [0.3, 0.4) is 0 Å². The quantitative estimate of drug-likeness (QED) is 0.400. The molecule has 0 saturated carbocycles. The number of nitrogens with two attached hydrogens (primary N) is 1.